The van der Waals surface area contributed by atoms with Crippen molar-refractivity contribution in [2.75, 3.05) is 12.0 Å². The Morgan fingerprint density at radius 3 is 1.88 bits per heavy atom. The number of rotatable bonds is 14. The standard InChI is InChI=1S/C38H57N3O6S/c1-13-38(10,11)41(33(43)29(19-20-48-12)40-35(45)47-37(7,8)9)31(28-22-25(2)21-26(3)23-28)32(42)39-30(34(44)46-36(4,5)6)24-27-17-15-14-16-18-27/h14-18,21-23,29-31H,13,19-20,24H2,1-12H3,(H,39,42)(H,40,45). The third-order valence-electron chi connectivity index (χ3n) is 7.71. The van der Waals surface area contributed by atoms with Crippen molar-refractivity contribution in [1.82, 2.24) is 15.5 Å². The highest BCUT2D eigenvalue weighted by Crippen LogP contribution is 2.34. The predicted octanol–water partition coefficient (Wildman–Crippen LogP) is 7.08. The molecule has 9 nitrogen and oxygen atoms in total. The molecule has 2 aromatic carbocycles. The van der Waals surface area contributed by atoms with E-state index in [1.165, 1.54) is 0 Å². The number of nitrogens with one attached hydrogen (secondary N) is 2. The minimum absolute atomic E-state index is 0.197. The lowest BCUT2D eigenvalue weighted by Crippen LogP contribution is -2.60. The summed E-state index contributed by atoms with van der Waals surface area (Å²) in [4.78, 5) is 57.8. The summed E-state index contributed by atoms with van der Waals surface area (Å²) < 4.78 is 11.3. The molecular formula is C38H57N3O6S. The molecule has 0 radical (unpaired) electrons. The van der Waals surface area contributed by atoms with Crippen LogP contribution in [0.4, 0.5) is 4.79 Å². The second kappa shape index (κ2) is 17.2. The molecule has 0 saturated heterocycles. The smallest absolute Gasteiger partial charge is 0.408 e. The Labute approximate surface area is 292 Å². The third kappa shape index (κ3) is 12.8. The minimum Gasteiger partial charge on any atom is -0.458 e. The summed E-state index contributed by atoms with van der Waals surface area (Å²) in [5.74, 6) is -0.929. The van der Waals surface area contributed by atoms with Crippen LogP contribution in [0.25, 0.3) is 0 Å². The Kier molecular flexibility index (Phi) is 14.6. The van der Waals surface area contributed by atoms with E-state index in [-0.39, 0.29) is 6.42 Å². The van der Waals surface area contributed by atoms with E-state index in [1.54, 1.807) is 58.2 Å². The first kappa shape index (κ1) is 40.6. The molecule has 2 rings (SSSR count). The number of ether oxygens (including phenoxy) is 2. The molecule has 10 heteroatoms. The van der Waals surface area contributed by atoms with Gasteiger partial charge in [-0.15, -0.1) is 0 Å². The summed E-state index contributed by atoms with van der Waals surface area (Å²) in [6.45, 7) is 20.2. The van der Waals surface area contributed by atoms with Crippen LogP contribution in [-0.2, 0) is 30.3 Å². The fourth-order valence-corrected chi connectivity index (χ4v) is 5.78. The molecule has 0 aliphatic heterocycles. The van der Waals surface area contributed by atoms with Gasteiger partial charge in [0.15, 0.2) is 0 Å². The summed E-state index contributed by atoms with van der Waals surface area (Å²) in [5.41, 5.74) is 0.891. The number of nitrogens with zero attached hydrogens (tertiary/aromatic N) is 1. The van der Waals surface area contributed by atoms with Gasteiger partial charge in [-0.1, -0.05) is 66.6 Å². The van der Waals surface area contributed by atoms with Gasteiger partial charge in [0.05, 0.1) is 0 Å². The van der Waals surface area contributed by atoms with Crippen LogP contribution in [0, 0.1) is 13.8 Å². The van der Waals surface area contributed by atoms with E-state index < -0.39 is 58.7 Å². The molecule has 0 aromatic heterocycles. The van der Waals surface area contributed by atoms with Gasteiger partial charge in [0.2, 0.25) is 11.8 Å². The SMILES string of the molecule is CCC(C)(C)N(C(=O)C(CCSC)NC(=O)OC(C)(C)C)C(C(=O)NC(Cc1ccccc1)C(=O)OC(C)(C)C)c1cc(C)cc(C)c1. The van der Waals surface area contributed by atoms with E-state index in [9.17, 15) is 19.2 Å². The number of carbonyl (C=O) groups is 4. The first-order chi connectivity index (χ1) is 22.2. The average molecular weight is 684 g/mol. The van der Waals surface area contributed by atoms with E-state index in [2.05, 4.69) is 10.6 Å². The first-order valence-electron chi connectivity index (χ1n) is 16.6. The average Bonchev–Trinajstić information content (AvgIpc) is 2.95. The van der Waals surface area contributed by atoms with E-state index >= 15 is 0 Å². The third-order valence-corrected chi connectivity index (χ3v) is 8.36. The van der Waals surface area contributed by atoms with E-state index in [1.807, 2.05) is 89.4 Å². The molecule has 0 saturated carbocycles. The number of amides is 3. The maximum atomic E-state index is 14.8. The zero-order valence-electron chi connectivity index (χ0n) is 31.0. The van der Waals surface area contributed by atoms with Crippen LogP contribution in [0.2, 0.25) is 0 Å². The molecule has 266 valence electrons. The van der Waals surface area contributed by atoms with E-state index in [0.717, 1.165) is 16.7 Å². The van der Waals surface area contributed by atoms with Crippen LogP contribution in [0.3, 0.4) is 0 Å². The highest BCUT2D eigenvalue weighted by atomic mass is 32.2. The molecule has 0 heterocycles. The second-order valence-electron chi connectivity index (χ2n) is 15.0. The topological polar surface area (TPSA) is 114 Å². The van der Waals surface area contributed by atoms with Crippen molar-refractivity contribution in [3.8, 4) is 0 Å². The molecular weight excluding hydrogens is 627 g/mol. The first-order valence-corrected chi connectivity index (χ1v) is 18.0. The van der Waals surface area contributed by atoms with Crippen LogP contribution in [0.1, 0.15) is 103 Å². The quantitative estimate of drug-likeness (QED) is 0.205. The Balaban J connectivity index is 2.74. The zero-order valence-corrected chi connectivity index (χ0v) is 31.8. The number of hydrogen-bond acceptors (Lipinski definition) is 7. The van der Waals surface area contributed by atoms with Crippen molar-refractivity contribution >= 4 is 35.6 Å². The molecule has 0 aliphatic carbocycles. The highest BCUT2D eigenvalue weighted by Gasteiger charge is 2.44. The Bertz CT molecular complexity index is 1380. The van der Waals surface area contributed by atoms with Crippen molar-refractivity contribution in [3.63, 3.8) is 0 Å². The number of carbonyl (C=O) groups excluding carboxylic acids is 4. The summed E-state index contributed by atoms with van der Waals surface area (Å²) in [5, 5.41) is 5.79. The Morgan fingerprint density at radius 2 is 1.38 bits per heavy atom. The molecule has 2 aromatic rings. The van der Waals surface area contributed by atoms with Crippen LogP contribution in [0.5, 0.6) is 0 Å². The lowest BCUT2D eigenvalue weighted by molar-refractivity contribution is -0.159. The van der Waals surface area contributed by atoms with Gasteiger partial charge in [-0.3, -0.25) is 9.59 Å². The minimum atomic E-state index is -1.14. The number of esters is 1. The fourth-order valence-electron chi connectivity index (χ4n) is 5.31. The molecule has 3 atom stereocenters. The van der Waals surface area contributed by atoms with E-state index in [0.29, 0.717) is 24.2 Å². The number of alkyl carbamates (subject to hydrolysis) is 1. The Hall–Kier alpha value is -3.53. The number of aryl methyl sites for hydroxylation is 2. The number of hydrogen-bond donors (Lipinski definition) is 2. The number of benzene rings is 2. The fraction of sp³-hybridized carbons (Fsp3) is 0.579. The van der Waals surface area contributed by atoms with Crippen molar-refractivity contribution in [3.05, 3.63) is 70.8 Å². The van der Waals surface area contributed by atoms with Gasteiger partial charge < -0.3 is 25.0 Å². The van der Waals surface area contributed by atoms with Crippen LogP contribution in [0.15, 0.2) is 48.5 Å². The van der Waals surface area contributed by atoms with Crippen LogP contribution >= 0.6 is 11.8 Å². The monoisotopic (exact) mass is 683 g/mol. The molecule has 48 heavy (non-hydrogen) atoms. The molecule has 0 bridgehead atoms. The summed E-state index contributed by atoms with van der Waals surface area (Å²) in [7, 11) is 0. The van der Waals surface area contributed by atoms with Gasteiger partial charge in [0.1, 0.15) is 29.3 Å². The van der Waals surface area contributed by atoms with Crippen molar-refractivity contribution in [2.45, 2.75) is 130 Å². The van der Waals surface area contributed by atoms with Gasteiger partial charge in [0, 0.05) is 12.0 Å². The second-order valence-corrected chi connectivity index (χ2v) is 15.9. The molecule has 3 amide bonds. The molecule has 3 unspecified atom stereocenters. The summed E-state index contributed by atoms with van der Waals surface area (Å²) >= 11 is 1.55. The maximum Gasteiger partial charge on any atom is 0.408 e. The highest BCUT2D eigenvalue weighted by molar-refractivity contribution is 7.98. The van der Waals surface area contributed by atoms with Crippen molar-refractivity contribution in [2.24, 2.45) is 0 Å². The molecule has 2 N–H and O–H groups in total. The normalized spacial score (nSPS) is 13.9. The van der Waals surface area contributed by atoms with Crippen LogP contribution < -0.4 is 10.6 Å². The lowest BCUT2D eigenvalue weighted by Gasteiger charge is -2.45. The van der Waals surface area contributed by atoms with Gasteiger partial charge in [-0.2, -0.15) is 11.8 Å². The maximum absolute atomic E-state index is 14.8. The molecule has 0 aliphatic rings. The van der Waals surface area contributed by atoms with Gasteiger partial charge in [-0.25, -0.2) is 9.59 Å². The lowest BCUT2D eigenvalue weighted by atomic mass is 9.90. The molecule has 0 spiro atoms. The summed E-state index contributed by atoms with van der Waals surface area (Å²) in [6, 6.07) is 12.1. The van der Waals surface area contributed by atoms with Gasteiger partial charge >= 0.3 is 12.1 Å². The largest absolute Gasteiger partial charge is 0.458 e. The number of thioether (sulfide) groups is 1. The van der Waals surface area contributed by atoms with Crippen molar-refractivity contribution < 1.29 is 28.7 Å². The zero-order chi connectivity index (χ0) is 36.4. The Morgan fingerprint density at radius 1 is 0.812 bits per heavy atom. The van der Waals surface area contributed by atoms with E-state index in [4.69, 9.17) is 9.47 Å². The van der Waals surface area contributed by atoms with Gasteiger partial charge in [-0.05, 0) is 105 Å². The summed E-state index contributed by atoms with van der Waals surface area (Å²) in [6.07, 6.45) is 2.25. The van der Waals surface area contributed by atoms with Crippen molar-refractivity contribution in [1.29, 1.82) is 0 Å². The molecule has 0 fully saturated rings. The van der Waals surface area contributed by atoms with Gasteiger partial charge in [0.25, 0.3) is 0 Å². The van der Waals surface area contributed by atoms with Crippen LogP contribution in [-0.4, -0.2) is 69.6 Å². The predicted molar refractivity (Wildman–Crippen MR) is 194 cm³/mol.